The number of benzene rings is 1. The minimum Gasteiger partial charge on any atom is -0.399 e. The van der Waals surface area contributed by atoms with Crippen LogP contribution in [-0.2, 0) is 9.31 Å². The van der Waals surface area contributed by atoms with Crippen LogP contribution in [0, 0.1) is 0 Å². The fraction of sp³-hybridized carbons (Fsp3) is 0.579. The first-order chi connectivity index (χ1) is 10.8. The fourth-order valence-electron chi connectivity index (χ4n) is 3.80. The standard InChI is InChI=1S/C19H26BNO2/c1-18(2)19(3,4)23-20(22-18)15-7-5-6-13(10-15)14-11-16-8-9-17(12-14)21-16/h5-7,10-11,16-17,21H,8-9,12H2,1-4H3. The van der Waals surface area contributed by atoms with E-state index in [2.05, 4.69) is 63.4 Å². The zero-order valence-corrected chi connectivity index (χ0v) is 14.6. The molecule has 0 amide bonds. The van der Waals surface area contributed by atoms with Gasteiger partial charge in [-0.15, -0.1) is 0 Å². The molecule has 23 heavy (non-hydrogen) atoms. The Hall–Kier alpha value is -1.10. The van der Waals surface area contributed by atoms with Crippen molar-refractivity contribution in [1.82, 2.24) is 5.32 Å². The second-order valence-corrected chi connectivity index (χ2v) is 8.16. The van der Waals surface area contributed by atoms with Crippen molar-refractivity contribution >= 4 is 18.2 Å². The van der Waals surface area contributed by atoms with Crippen LogP contribution in [0.2, 0.25) is 0 Å². The number of fused-ring (bicyclic) bond motifs is 2. The van der Waals surface area contributed by atoms with Gasteiger partial charge < -0.3 is 14.6 Å². The van der Waals surface area contributed by atoms with E-state index in [-0.39, 0.29) is 18.3 Å². The molecule has 2 atom stereocenters. The van der Waals surface area contributed by atoms with Crippen LogP contribution in [0.5, 0.6) is 0 Å². The lowest BCUT2D eigenvalue weighted by atomic mass is 9.77. The van der Waals surface area contributed by atoms with Gasteiger partial charge in [0.1, 0.15) is 0 Å². The van der Waals surface area contributed by atoms with Gasteiger partial charge in [0.25, 0.3) is 0 Å². The summed E-state index contributed by atoms with van der Waals surface area (Å²) in [6.07, 6.45) is 6.10. The van der Waals surface area contributed by atoms with E-state index in [1.807, 2.05) is 0 Å². The lowest BCUT2D eigenvalue weighted by Crippen LogP contribution is -2.41. The first kappa shape index (κ1) is 15.4. The van der Waals surface area contributed by atoms with Gasteiger partial charge in [-0.1, -0.05) is 30.3 Å². The fourth-order valence-corrected chi connectivity index (χ4v) is 3.80. The molecule has 2 bridgehead atoms. The smallest absolute Gasteiger partial charge is 0.399 e. The van der Waals surface area contributed by atoms with Gasteiger partial charge in [0, 0.05) is 12.1 Å². The Morgan fingerprint density at radius 1 is 1.09 bits per heavy atom. The van der Waals surface area contributed by atoms with Gasteiger partial charge in [-0.3, -0.25) is 0 Å². The van der Waals surface area contributed by atoms with Crippen LogP contribution >= 0.6 is 0 Å². The van der Waals surface area contributed by atoms with Crippen molar-refractivity contribution in [2.24, 2.45) is 0 Å². The monoisotopic (exact) mass is 311 g/mol. The van der Waals surface area contributed by atoms with Gasteiger partial charge in [0.2, 0.25) is 0 Å². The van der Waals surface area contributed by atoms with E-state index in [1.54, 1.807) is 0 Å². The Morgan fingerprint density at radius 2 is 1.83 bits per heavy atom. The average Bonchev–Trinajstić information content (AvgIpc) is 2.94. The minimum atomic E-state index is -0.291. The van der Waals surface area contributed by atoms with Gasteiger partial charge in [-0.2, -0.15) is 0 Å². The highest BCUT2D eigenvalue weighted by atomic mass is 16.7. The van der Waals surface area contributed by atoms with E-state index in [4.69, 9.17) is 9.31 Å². The number of rotatable bonds is 2. The molecule has 4 rings (SSSR count). The van der Waals surface area contributed by atoms with Crippen molar-refractivity contribution in [2.75, 3.05) is 0 Å². The maximum atomic E-state index is 6.19. The predicted octanol–water partition coefficient (Wildman–Crippen LogP) is 2.89. The molecule has 2 fully saturated rings. The second kappa shape index (κ2) is 5.20. The van der Waals surface area contributed by atoms with Gasteiger partial charge in [-0.25, -0.2) is 0 Å². The van der Waals surface area contributed by atoms with Crippen molar-refractivity contribution in [3.63, 3.8) is 0 Å². The van der Waals surface area contributed by atoms with E-state index >= 15 is 0 Å². The summed E-state index contributed by atoms with van der Waals surface area (Å²) in [4.78, 5) is 0. The second-order valence-electron chi connectivity index (χ2n) is 8.16. The van der Waals surface area contributed by atoms with Crippen LogP contribution in [-0.4, -0.2) is 30.4 Å². The van der Waals surface area contributed by atoms with Crippen molar-refractivity contribution in [3.8, 4) is 0 Å². The Balaban J connectivity index is 1.61. The molecule has 1 aromatic rings. The maximum absolute atomic E-state index is 6.19. The third-order valence-corrected chi connectivity index (χ3v) is 5.93. The summed E-state index contributed by atoms with van der Waals surface area (Å²) in [5.74, 6) is 0. The number of hydrogen-bond acceptors (Lipinski definition) is 3. The quantitative estimate of drug-likeness (QED) is 0.852. The summed E-state index contributed by atoms with van der Waals surface area (Å²) < 4.78 is 12.4. The molecular weight excluding hydrogens is 285 g/mol. The molecule has 0 saturated carbocycles. The third-order valence-electron chi connectivity index (χ3n) is 5.93. The Kier molecular flexibility index (Phi) is 3.49. The summed E-state index contributed by atoms with van der Waals surface area (Å²) in [5.41, 5.74) is 3.32. The lowest BCUT2D eigenvalue weighted by Gasteiger charge is -2.32. The predicted molar refractivity (Wildman–Crippen MR) is 94.7 cm³/mol. The van der Waals surface area contributed by atoms with Gasteiger partial charge >= 0.3 is 7.12 Å². The molecule has 3 heterocycles. The summed E-state index contributed by atoms with van der Waals surface area (Å²) in [5, 5.41) is 3.66. The van der Waals surface area contributed by atoms with Crippen molar-refractivity contribution < 1.29 is 9.31 Å². The van der Waals surface area contributed by atoms with Gasteiger partial charge in [0.05, 0.1) is 11.2 Å². The van der Waals surface area contributed by atoms with E-state index in [0.29, 0.717) is 12.1 Å². The van der Waals surface area contributed by atoms with Crippen LogP contribution in [0.1, 0.15) is 52.5 Å². The van der Waals surface area contributed by atoms with Gasteiger partial charge in [0.15, 0.2) is 0 Å². The highest BCUT2D eigenvalue weighted by Gasteiger charge is 2.51. The summed E-state index contributed by atoms with van der Waals surface area (Å²) in [6.45, 7) is 8.40. The van der Waals surface area contributed by atoms with E-state index in [9.17, 15) is 0 Å². The summed E-state index contributed by atoms with van der Waals surface area (Å²) >= 11 is 0. The average molecular weight is 311 g/mol. The van der Waals surface area contributed by atoms with Crippen LogP contribution in [0.15, 0.2) is 30.3 Å². The molecule has 0 aliphatic carbocycles. The molecule has 1 aromatic carbocycles. The van der Waals surface area contributed by atoms with Crippen LogP contribution < -0.4 is 10.8 Å². The number of nitrogens with one attached hydrogen (secondary N) is 1. The first-order valence-corrected chi connectivity index (χ1v) is 8.77. The van der Waals surface area contributed by atoms with Crippen molar-refractivity contribution in [3.05, 3.63) is 35.9 Å². The summed E-state index contributed by atoms with van der Waals surface area (Å²) in [7, 11) is -0.279. The molecular formula is C19H26BNO2. The zero-order valence-electron chi connectivity index (χ0n) is 14.6. The Bertz CT molecular complexity index is 637. The van der Waals surface area contributed by atoms with E-state index in [1.165, 1.54) is 24.0 Å². The molecule has 4 heteroatoms. The first-order valence-electron chi connectivity index (χ1n) is 8.77. The molecule has 0 spiro atoms. The molecule has 3 aliphatic heterocycles. The SMILES string of the molecule is CC1(C)OB(c2cccc(C3=CC4CCC(C3)N4)c2)OC1(C)C. The topological polar surface area (TPSA) is 30.5 Å². The van der Waals surface area contributed by atoms with E-state index < -0.39 is 0 Å². The molecule has 0 radical (unpaired) electrons. The Morgan fingerprint density at radius 3 is 2.52 bits per heavy atom. The highest BCUT2D eigenvalue weighted by molar-refractivity contribution is 6.62. The van der Waals surface area contributed by atoms with Crippen LogP contribution in [0.4, 0.5) is 0 Å². The molecule has 122 valence electrons. The highest BCUT2D eigenvalue weighted by Crippen LogP contribution is 2.37. The lowest BCUT2D eigenvalue weighted by molar-refractivity contribution is 0.00578. The zero-order chi connectivity index (χ0) is 16.2. The largest absolute Gasteiger partial charge is 0.494 e. The molecule has 1 N–H and O–H groups in total. The molecule has 3 nitrogen and oxygen atoms in total. The van der Waals surface area contributed by atoms with Crippen molar-refractivity contribution in [2.45, 2.75) is 70.2 Å². The van der Waals surface area contributed by atoms with Crippen LogP contribution in [0.25, 0.3) is 5.57 Å². The Labute approximate surface area is 139 Å². The normalized spacial score (nSPS) is 31.3. The molecule has 0 aromatic heterocycles. The maximum Gasteiger partial charge on any atom is 0.494 e. The summed E-state index contributed by atoms with van der Waals surface area (Å²) in [6, 6.07) is 9.91. The van der Waals surface area contributed by atoms with Gasteiger partial charge in [-0.05, 0) is 63.6 Å². The number of hydrogen-bond donors (Lipinski definition) is 1. The van der Waals surface area contributed by atoms with E-state index in [0.717, 1.165) is 11.9 Å². The third kappa shape index (κ3) is 2.67. The molecule has 2 saturated heterocycles. The minimum absolute atomic E-state index is 0.279. The molecule has 3 aliphatic rings. The molecule has 2 unspecified atom stereocenters. The van der Waals surface area contributed by atoms with Crippen LogP contribution in [0.3, 0.4) is 0 Å². The van der Waals surface area contributed by atoms with Crippen molar-refractivity contribution in [1.29, 1.82) is 0 Å².